The van der Waals surface area contributed by atoms with E-state index in [1.807, 2.05) is 0 Å². The quantitative estimate of drug-likeness (QED) is 0.126. The lowest BCUT2D eigenvalue weighted by atomic mass is 9.70. The van der Waals surface area contributed by atoms with Crippen molar-refractivity contribution in [1.82, 2.24) is 0 Å². The first-order chi connectivity index (χ1) is 19.2. The zero-order valence-corrected chi connectivity index (χ0v) is 24.5. The maximum atomic E-state index is 6.22. The molecule has 0 saturated carbocycles. The Morgan fingerprint density at radius 3 is 1.44 bits per heavy atom. The molecule has 2 aromatic rings. The summed E-state index contributed by atoms with van der Waals surface area (Å²) in [7, 11) is 0. The summed E-state index contributed by atoms with van der Waals surface area (Å²) >= 11 is 0. The highest BCUT2D eigenvalue weighted by Crippen LogP contribution is 2.55. The normalized spacial score (nSPS) is 19.9. The van der Waals surface area contributed by atoms with E-state index in [-0.39, 0.29) is 17.6 Å². The smallest absolute Gasteiger partial charge is 0.119 e. The second-order valence-electron chi connectivity index (χ2n) is 12.1. The van der Waals surface area contributed by atoms with Gasteiger partial charge in [-0.2, -0.15) is 0 Å². The van der Waals surface area contributed by atoms with Crippen molar-refractivity contribution in [2.24, 2.45) is 0 Å². The van der Waals surface area contributed by atoms with E-state index in [0.29, 0.717) is 13.2 Å². The highest BCUT2D eigenvalue weighted by molar-refractivity contribution is 5.82. The Hall–Kier alpha value is -2.04. The molecule has 0 aromatic heterocycles. The lowest BCUT2D eigenvalue weighted by molar-refractivity contribution is 0.261. The Bertz CT molecular complexity index is 955. The molecule has 2 heterocycles. The second-order valence-corrected chi connectivity index (χ2v) is 12.1. The summed E-state index contributed by atoms with van der Waals surface area (Å²) in [6.07, 6.45) is 18.8. The summed E-state index contributed by atoms with van der Waals surface area (Å²) in [4.78, 5) is 0. The summed E-state index contributed by atoms with van der Waals surface area (Å²) in [5.41, 5.74) is 5.72. The molecule has 2 aromatic carbocycles. The van der Waals surface area contributed by atoms with Gasteiger partial charge in [-0.3, -0.25) is 0 Å². The van der Waals surface area contributed by atoms with Crippen LogP contribution in [0.4, 0.5) is 0 Å². The fourth-order valence-corrected chi connectivity index (χ4v) is 6.42. The van der Waals surface area contributed by atoms with E-state index in [1.165, 1.54) is 112 Å². The summed E-state index contributed by atoms with van der Waals surface area (Å²) < 4.78 is 23.3. The first kappa shape index (κ1) is 28.5. The third-order valence-electron chi connectivity index (χ3n) is 8.89. The summed E-state index contributed by atoms with van der Waals surface area (Å²) in [6, 6.07) is 13.7. The van der Waals surface area contributed by atoms with Crippen molar-refractivity contribution in [2.75, 3.05) is 26.4 Å². The topological polar surface area (TPSA) is 43.5 Å². The molecule has 2 aliphatic heterocycles. The average Bonchev–Trinajstić information content (AvgIpc) is 3.89. The summed E-state index contributed by atoms with van der Waals surface area (Å²) in [5, 5.41) is 0. The van der Waals surface area contributed by atoms with E-state index < -0.39 is 0 Å². The Morgan fingerprint density at radius 1 is 0.615 bits per heavy atom. The van der Waals surface area contributed by atoms with E-state index in [4.69, 9.17) is 18.9 Å². The molecule has 1 aliphatic carbocycles. The van der Waals surface area contributed by atoms with Crippen molar-refractivity contribution in [3.8, 4) is 22.6 Å². The number of benzene rings is 2. The molecule has 5 rings (SSSR count). The first-order valence-electron chi connectivity index (χ1n) is 16.0. The van der Waals surface area contributed by atoms with Crippen LogP contribution in [0, 0.1) is 0 Å². The van der Waals surface area contributed by atoms with Crippen LogP contribution in [0.25, 0.3) is 11.1 Å². The van der Waals surface area contributed by atoms with E-state index in [0.717, 1.165) is 24.7 Å². The van der Waals surface area contributed by atoms with Gasteiger partial charge in [-0.05, 0) is 59.4 Å². The van der Waals surface area contributed by atoms with Crippen LogP contribution in [0.2, 0.25) is 0 Å². The highest BCUT2D eigenvalue weighted by atomic mass is 16.6. The van der Waals surface area contributed by atoms with Crippen LogP contribution < -0.4 is 9.47 Å². The van der Waals surface area contributed by atoms with E-state index >= 15 is 0 Å². The number of epoxide rings is 2. The largest absolute Gasteiger partial charge is 0.491 e. The van der Waals surface area contributed by atoms with Crippen LogP contribution in [-0.4, -0.2) is 38.6 Å². The molecular weight excluding hydrogens is 484 g/mol. The van der Waals surface area contributed by atoms with Crippen molar-refractivity contribution in [3.05, 3.63) is 47.5 Å². The van der Waals surface area contributed by atoms with Gasteiger partial charge in [0, 0.05) is 5.41 Å². The predicted molar refractivity (Wildman–Crippen MR) is 159 cm³/mol. The van der Waals surface area contributed by atoms with E-state index in [2.05, 4.69) is 50.2 Å². The van der Waals surface area contributed by atoms with Crippen molar-refractivity contribution in [2.45, 2.75) is 121 Å². The van der Waals surface area contributed by atoms with Crippen LogP contribution in [0.5, 0.6) is 11.5 Å². The molecular formula is C35H50O4. The molecule has 0 bridgehead atoms. The minimum absolute atomic E-state index is 0.0189. The average molecular weight is 535 g/mol. The molecule has 0 spiro atoms. The summed E-state index contributed by atoms with van der Waals surface area (Å²) in [6.45, 7) is 7.54. The number of ether oxygens (including phenoxy) is 4. The molecule has 0 radical (unpaired) electrons. The summed E-state index contributed by atoms with van der Waals surface area (Å²) in [5.74, 6) is 1.96. The Kier molecular flexibility index (Phi) is 10.3. The van der Waals surface area contributed by atoms with Crippen LogP contribution >= 0.6 is 0 Å². The van der Waals surface area contributed by atoms with E-state index in [9.17, 15) is 0 Å². The molecule has 2 saturated heterocycles. The molecule has 2 atom stereocenters. The lowest BCUT2D eigenvalue weighted by Gasteiger charge is -2.33. The van der Waals surface area contributed by atoms with Crippen molar-refractivity contribution < 1.29 is 18.9 Å². The Morgan fingerprint density at radius 2 is 1.03 bits per heavy atom. The van der Waals surface area contributed by atoms with Gasteiger partial charge in [0.25, 0.3) is 0 Å². The van der Waals surface area contributed by atoms with Crippen molar-refractivity contribution in [3.63, 3.8) is 0 Å². The molecule has 0 amide bonds. The zero-order chi connectivity index (χ0) is 26.9. The van der Waals surface area contributed by atoms with Gasteiger partial charge >= 0.3 is 0 Å². The minimum Gasteiger partial charge on any atom is -0.491 e. The maximum Gasteiger partial charge on any atom is 0.119 e. The highest BCUT2D eigenvalue weighted by Gasteiger charge is 2.43. The zero-order valence-electron chi connectivity index (χ0n) is 24.5. The molecule has 39 heavy (non-hydrogen) atoms. The van der Waals surface area contributed by atoms with E-state index in [1.54, 1.807) is 0 Å². The number of hydrogen-bond acceptors (Lipinski definition) is 4. The number of unbranched alkanes of at least 4 members (excludes halogenated alkanes) is 10. The van der Waals surface area contributed by atoms with Crippen LogP contribution in [0.3, 0.4) is 0 Å². The van der Waals surface area contributed by atoms with Gasteiger partial charge in [-0.15, -0.1) is 0 Å². The van der Waals surface area contributed by atoms with Gasteiger partial charge in [-0.1, -0.05) is 103 Å². The fraction of sp³-hybridized carbons (Fsp3) is 0.657. The Balaban J connectivity index is 1.42. The molecule has 3 aliphatic rings. The molecule has 214 valence electrons. The van der Waals surface area contributed by atoms with Crippen LogP contribution in [0.15, 0.2) is 36.4 Å². The van der Waals surface area contributed by atoms with Gasteiger partial charge in [0.05, 0.1) is 13.2 Å². The predicted octanol–water partition coefficient (Wildman–Crippen LogP) is 9.01. The standard InChI is InChI=1S/C35H50O4/c1-3-5-7-9-11-13-19-35(20-14-12-10-8-6-4-2)33-21-27(36-23-29-25-38-29)15-17-31(33)32-18-16-28(22-34(32)35)37-24-30-26-39-30/h15-18,21-22,29-30H,3-14,19-20,23-26H2,1-2H3. The van der Waals surface area contributed by atoms with Crippen LogP contribution in [0.1, 0.15) is 115 Å². The van der Waals surface area contributed by atoms with Crippen molar-refractivity contribution >= 4 is 0 Å². The van der Waals surface area contributed by atoms with Gasteiger partial charge in [-0.25, -0.2) is 0 Å². The monoisotopic (exact) mass is 534 g/mol. The second kappa shape index (κ2) is 14.0. The lowest BCUT2D eigenvalue weighted by Crippen LogP contribution is -2.26. The number of rotatable bonds is 20. The van der Waals surface area contributed by atoms with Gasteiger partial charge < -0.3 is 18.9 Å². The molecule has 2 fully saturated rings. The third-order valence-corrected chi connectivity index (χ3v) is 8.89. The number of hydrogen-bond donors (Lipinski definition) is 0. The van der Waals surface area contributed by atoms with Crippen LogP contribution in [-0.2, 0) is 14.9 Å². The van der Waals surface area contributed by atoms with Gasteiger partial charge in [0.15, 0.2) is 0 Å². The SMILES string of the molecule is CCCCCCCCC1(CCCCCCCC)c2cc(OCC3CO3)ccc2-c2ccc(OCC3CO3)cc21. The van der Waals surface area contributed by atoms with Gasteiger partial charge in [0.2, 0.25) is 0 Å². The minimum atomic E-state index is 0.0189. The molecule has 2 unspecified atom stereocenters. The molecule has 0 N–H and O–H groups in total. The molecule has 4 heteroatoms. The number of fused-ring (bicyclic) bond motifs is 3. The fourth-order valence-electron chi connectivity index (χ4n) is 6.42. The van der Waals surface area contributed by atoms with Gasteiger partial charge in [0.1, 0.15) is 36.9 Å². The Labute approximate surface area is 236 Å². The molecule has 4 nitrogen and oxygen atoms in total. The van der Waals surface area contributed by atoms with Crippen molar-refractivity contribution in [1.29, 1.82) is 0 Å². The maximum absolute atomic E-state index is 6.22. The third kappa shape index (κ3) is 7.58. The first-order valence-corrected chi connectivity index (χ1v) is 16.0.